The van der Waals surface area contributed by atoms with E-state index in [2.05, 4.69) is 47.8 Å². The number of carbonyl (C=O) groups is 2. The lowest BCUT2D eigenvalue weighted by Gasteiger charge is -2.21. The molecular weight excluding hydrogens is 878 g/mol. The minimum absolute atomic E-state index is 0.168. The predicted molar refractivity (Wildman–Crippen MR) is 148 cm³/mol. The van der Waals surface area contributed by atoms with E-state index in [0.717, 1.165) is 4.47 Å². The van der Waals surface area contributed by atoms with Crippen molar-refractivity contribution in [2.45, 2.75) is 17.7 Å². The molecule has 2 aromatic carbocycles. The van der Waals surface area contributed by atoms with Gasteiger partial charge in [0, 0.05) is 11.6 Å². The third-order valence-corrected chi connectivity index (χ3v) is 9.61. The lowest BCUT2D eigenvalue weighted by atomic mass is 9.88. The van der Waals surface area contributed by atoms with Gasteiger partial charge in [0.05, 0.1) is 20.8 Å². The number of benzene rings is 2. The third-order valence-electron chi connectivity index (χ3n) is 4.58. The first-order valence-corrected chi connectivity index (χ1v) is 15.1. The molecule has 0 spiro atoms. The number of halogens is 5. The standard InChI is InChI=1S/C20H13Br3I2O7S/c21-11-5-13(22)17(14(23)6-11)32-20(27)10-3-1-9(2-4-10)19(26)31-12-7-15(24)18(16(25)8-12)33(28,29)30/h1,3,5-10H,2,4H2,(H,28,29,30). The van der Waals surface area contributed by atoms with Gasteiger partial charge in [-0.15, -0.1) is 0 Å². The number of rotatable bonds is 5. The first-order valence-electron chi connectivity index (χ1n) is 9.09. The normalized spacial score (nSPS) is 18.1. The Labute approximate surface area is 242 Å². The van der Waals surface area contributed by atoms with Gasteiger partial charge in [0.1, 0.15) is 10.6 Å². The van der Waals surface area contributed by atoms with Crippen LogP contribution in [0.1, 0.15) is 12.8 Å². The van der Waals surface area contributed by atoms with Crippen molar-refractivity contribution in [2.75, 3.05) is 0 Å². The van der Waals surface area contributed by atoms with Crippen LogP contribution in [-0.4, -0.2) is 24.9 Å². The molecule has 2 unspecified atom stereocenters. The van der Waals surface area contributed by atoms with E-state index in [0.29, 0.717) is 27.5 Å². The fourth-order valence-electron chi connectivity index (χ4n) is 3.05. The van der Waals surface area contributed by atoms with E-state index in [4.69, 9.17) is 9.47 Å². The molecule has 2 atom stereocenters. The lowest BCUT2D eigenvalue weighted by molar-refractivity contribution is -0.140. The Morgan fingerprint density at radius 1 is 0.879 bits per heavy atom. The Morgan fingerprint density at radius 3 is 1.76 bits per heavy atom. The highest BCUT2D eigenvalue weighted by Crippen LogP contribution is 2.37. The molecule has 0 bridgehead atoms. The molecule has 0 aromatic heterocycles. The molecule has 1 N–H and O–H groups in total. The van der Waals surface area contributed by atoms with Gasteiger partial charge in [-0.1, -0.05) is 28.1 Å². The summed E-state index contributed by atoms with van der Waals surface area (Å²) in [6, 6.07) is 6.26. The molecule has 33 heavy (non-hydrogen) atoms. The van der Waals surface area contributed by atoms with Crippen molar-refractivity contribution in [1.82, 2.24) is 0 Å². The summed E-state index contributed by atoms with van der Waals surface area (Å²) < 4.78 is 45.8. The topological polar surface area (TPSA) is 107 Å². The van der Waals surface area contributed by atoms with E-state index in [1.54, 1.807) is 69.5 Å². The van der Waals surface area contributed by atoms with Crippen molar-refractivity contribution < 1.29 is 32.0 Å². The average molecular weight is 891 g/mol. The molecule has 3 rings (SSSR count). The number of hydrogen-bond acceptors (Lipinski definition) is 6. The van der Waals surface area contributed by atoms with E-state index in [1.165, 1.54) is 12.1 Å². The maximum atomic E-state index is 12.6. The maximum Gasteiger partial charge on any atom is 0.318 e. The van der Waals surface area contributed by atoms with Gasteiger partial charge in [-0.25, -0.2) is 0 Å². The molecule has 0 amide bonds. The Bertz CT molecular complexity index is 1220. The first-order chi connectivity index (χ1) is 15.4. The molecule has 0 heterocycles. The van der Waals surface area contributed by atoms with Gasteiger partial charge in [-0.05, 0) is 114 Å². The van der Waals surface area contributed by atoms with Crippen molar-refractivity contribution in [2.24, 2.45) is 11.8 Å². The molecule has 0 aliphatic heterocycles. The predicted octanol–water partition coefficient (Wildman–Crippen LogP) is 6.52. The summed E-state index contributed by atoms with van der Waals surface area (Å²) in [5.41, 5.74) is 0. The summed E-state index contributed by atoms with van der Waals surface area (Å²) in [5.74, 6) is -1.49. The van der Waals surface area contributed by atoms with Gasteiger partial charge in [0.2, 0.25) is 0 Å². The third kappa shape index (κ3) is 7.00. The van der Waals surface area contributed by atoms with Gasteiger partial charge in [-0.3, -0.25) is 14.1 Å². The van der Waals surface area contributed by atoms with E-state index in [9.17, 15) is 22.6 Å². The lowest BCUT2D eigenvalue weighted by Crippen LogP contribution is -2.27. The average Bonchev–Trinajstić information content (AvgIpc) is 2.69. The van der Waals surface area contributed by atoms with Gasteiger partial charge < -0.3 is 9.47 Å². The highest BCUT2D eigenvalue weighted by atomic mass is 127. The molecule has 0 saturated heterocycles. The Morgan fingerprint density at radius 2 is 1.33 bits per heavy atom. The van der Waals surface area contributed by atoms with Crippen molar-refractivity contribution in [3.8, 4) is 11.5 Å². The van der Waals surface area contributed by atoms with E-state index in [-0.39, 0.29) is 17.8 Å². The van der Waals surface area contributed by atoms with Crippen LogP contribution < -0.4 is 9.47 Å². The van der Waals surface area contributed by atoms with Gasteiger partial charge in [0.25, 0.3) is 10.1 Å². The SMILES string of the molecule is O=C(Oc1cc(I)c(S(=O)(=O)O)c(I)c1)C1C=CC(C(=O)Oc2c(Br)cc(Br)cc2Br)CC1. The van der Waals surface area contributed by atoms with E-state index < -0.39 is 33.9 Å². The molecule has 1 aliphatic carbocycles. The van der Waals surface area contributed by atoms with Crippen LogP contribution in [0.25, 0.3) is 0 Å². The largest absolute Gasteiger partial charge is 0.426 e. The van der Waals surface area contributed by atoms with Crippen molar-refractivity contribution in [1.29, 1.82) is 0 Å². The summed E-state index contributed by atoms with van der Waals surface area (Å²) in [6.45, 7) is 0. The fourth-order valence-corrected chi connectivity index (χ4v) is 9.46. The Hall–Kier alpha value is -0.0700. The molecule has 1 aliphatic rings. The minimum atomic E-state index is -4.39. The van der Waals surface area contributed by atoms with Crippen LogP contribution >= 0.6 is 93.0 Å². The Balaban J connectivity index is 1.66. The van der Waals surface area contributed by atoms with Crippen LogP contribution in [0.2, 0.25) is 0 Å². The van der Waals surface area contributed by atoms with Gasteiger partial charge in [0.15, 0.2) is 5.75 Å². The summed E-state index contributed by atoms with van der Waals surface area (Å²) in [4.78, 5) is 24.9. The molecule has 13 heteroatoms. The van der Waals surface area contributed by atoms with Crippen molar-refractivity contribution in [3.05, 3.63) is 57.0 Å². The van der Waals surface area contributed by atoms with E-state index >= 15 is 0 Å². The molecule has 2 aromatic rings. The molecular formula is C20H13Br3I2O7S. The summed E-state index contributed by atoms with van der Waals surface area (Å²) in [7, 11) is -4.39. The quantitative estimate of drug-likeness (QED) is 0.120. The second-order valence-electron chi connectivity index (χ2n) is 6.91. The molecule has 0 radical (unpaired) electrons. The highest BCUT2D eigenvalue weighted by molar-refractivity contribution is 14.1. The second kappa shape index (κ2) is 11.3. The molecule has 7 nitrogen and oxygen atoms in total. The summed E-state index contributed by atoms with van der Waals surface area (Å²) >= 11 is 13.6. The smallest absolute Gasteiger partial charge is 0.318 e. The first kappa shape index (κ1) is 27.5. The zero-order valence-electron chi connectivity index (χ0n) is 16.2. The zero-order valence-corrected chi connectivity index (χ0v) is 26.1. The highest BCUT2D eigenvalue weighted by Gasteiger charge is 2.29. The van der Waals surface area contributed by atoms with Crippen LogP contribution in [0.5, 0.6) is 11.5 Å². The van der Waals surface area contributed by atoms with Crippen molar-refractivity contribution in [3.63, 3.8) is 0 Å². The fraction of sp³-hybridized carbons (Fsp3) is 0.200. The number of carbonyl (C=O) groups excluding carboxylic acids is 2. The van der Waals surface area contributed by atoms with Gasteiger partial charge in [-0.2, -0.15) is 8.42 Å². The summed E-state index contributed by atoms with van der Waals surface area (Å²) in [6.07, 6.45) is 4.03. The molecule has 0 saturated carbocycles. The molecule has 176 valence electrons. The molecule has 0 fully saturated rings. The number of ether oxygens (including phenoxy) is 2. The van der Waals surface area contributed by atoms with Crippen LogP contribution in [0.4, 0.5) is 0 Å². The zero-order chi connectivity index (χ0) is 24.5. The van der Waals surface area contributed by atoms with E-state index in [1.807, 2.05) is 0 Å². The minimum Gasteiger partial charge on any atom is -0.426 e. The summed E-state index contributed by atoms with van der Waals surface area (Å²) in [5, 5.41) is 0. The number of esters is 2. The Kier molecular flexibility index (Phi) is 9.44. The second-order valence-corrected chi connectivity index (χ2v) is 13.2. The van der Waals surface area contributed by atoms with Gasteiger partial charge >= 0.3 is 11.9 Å². The van der Waals surface area contributed by atoms with Crippen LogP contribution in [-0.2, 0) is 19.7 Å². The maximum absolute atomic E-state index is 12.6. The van der Waals surface area contributed by atoms with Crippen LogP contribution in [0.3, 0.4) is 0 Å². The van der Waals surface area contributed by atoms with Crippen LogP contribution in [0, 0.1) is 19.0 Å². The van der Waals surface area contributed by atoms with Crippen molar-refractivity contribution >= 4 is 115 Å². The number of hydrogen-bond donors (Lipinski definition) is 1. The van der Waals surface area contributed by atoms with Crippen LogP contribution in [0.15, 0.2) is 54.7 Å². The monoisotopic (exact) mass is 888 g/mol.